The van der Waals surface area contributed by atoms with Gasteiger partial charge in [0.05, 0.1) is 23.2 Å². The number of para-hydroxylation sites is 2. The number of amides is 2. The molecule has 4 N–H and O–H groups in total. The predicted octanol–water partition coefficient (Wildman–Crippen LogP) is 2.39. The van der Waals surface area contributed by atoms with Crippen LogP contribution in [0.5, 0.6) is 0 Å². The second kappa shape index (κ2) is 8.92. The minimum absolute atomic E-state index is 0.0378. The average Bonchev–Trinajstić information content (AvgIpc) is 3.16. The molecule has 2 amide bonds. The molecule has 1 atom stereocenters. The molecule has 0 aliphatic carbocycles. The minimum atomic E-state index is -2.33. The number of aromatic amines is 1. The van der Waals surface area contributed by atoms with Crippen LogP contribution in [-0.4, -0.2) is 39.5 Å². The van der Waals surface area contributed by atoms with Gasteiger partial charge in [-0.05, 0) is 18.2 Å². The lowest BCUT2D eigenvalue weighted by Gasteiger charge is -2.14. The number of aliphatic hydroxyl groups excluding tert-OH is 1. The van der Waals surface area contributed by atoms with Gasteiger partial charge in [-0.25, -0.2) is 26.9 Å². The number of hydrogen-bond acceptors (Lipinski definition) is 4. The first kappa shape index (κ1) is 21.9. The standard InChI is InChI=1S/C19H13F5N4O3/c20-13-8(14(21)16(23)17(24)15(13)22)5-6-12(30)25-11(7-29)18(31)28-19-26-9-3-1-2-4-10(9)27-19/h1-6,11,29H,7H2,(H,25,30)(H2,26,27,28,31). The Labute approximate surface area is 170 Å². The van der Waals surface area contributed by atoms with Gasteiger partial charge in [0.25, 0.3) is 5.91 Å². The van der Waals surface area contributed by atoms with Gasteiger partial charge in [-0.2, -0.15) is 0 Å². The van der Waals surface area contributed by atoms with E-state index in [1.807, 2.05) is 5.32 Å². The second-order valence-corrected chi connectivity index (χ2v) is 6.15. The van der Waals surface area contributed by atoms with Crippen LogP contribution < -0.4 is 10.6 Å². The summed E-state index contributed by atoms with van der Waals surface area (Å²) in [6.07, 6.45) is 0.812. The van der Waals surface area contributed by atoms with Crippen molar-refractivity contribution in [3.63, 3.8) is 0 Å². The van der Waals surface area contributed by atoms with Crippen LogP contribution in [0.2, 0.25) is 0 Å². The third kappa shape index (κ3) is 4.53. The lowest BCUT2D eigenvalue weighted by molar-refractivity contribution is -0.124. The van der Waals surface area contributed by atoms with E-state index in [2.05, 4.69) is 15.3 Å². The lowest BCUT2D eigenvalue weighted by Crippen LogP contribution is -2.45. The van der Waals surface area contributed by atoms with Crippen molar-refractivity contribution in [3.8, 4) is 0 Å². The fourth-order valence-electron chi connectivity index (χ4n) is 2.56. The number of H-pyrrole nitrogens is 1. The zero-order valence-corrected chi connectivity index (χ0v) is 15.3. The Morgan fingerprint density at radius 1 is 1.03 bits per heavy atom. The monoisotopic (exact) mass is 440 g/mol. The maximum Gasteiger partial charge on any atom is 0.251 e. The maximum absolute atomic E-state index is 13.6. The molecule has 0 spiro atoms. The van der Waals surface area contributed by atoms with E-state index < -0.39 is 59.1 Å². The fourth-order valence-corrected chi connectivity index (χ4v) is 2.56. The Kier molecular flexibility index (Phi) is 6.30. The van der Waals surface area contributed by atoms with Gasteiger partial charge in [-0.15, -0.1) is 0 Å². The molecule has 162 valence electrons. The van der Waals surface area contributed by atoms with E-state index in [0.717, 1.165) is 0 Å². The first-order chi connectivity index (χ1) is 14.7. The highest BCUT2D eigenvalue weighted by atomic mass is 19.2. The number of aromatic nitrogens is 2. The van der Waals surface area contributed by atoms with Gasteiger partial charge in [0, 0.05) is 6.08 Å². The van der Waals surface area contributed by atoms with Crippen LogP contribution >= 0.6 is 0 Å². The van der Waals surface area contributed by atoms with Crippen molar-refractivity contribution in [2.45, 2.75) is 6.04 Å². The molecule has 0 saturated carbocycles. The van der Waals surface area contributed by atoms with Crippen LogP contribution in [0.4, 0.5) is 27.9 Å². The fraction of sp³-hybridized carbons (Fsp3) is 0.105. The summed E-state index contributed by atoms with van der Waals surface area (Å²) in [6.45, 7) is -0.853. The number of hydrogen-bond donors (Lipinski definition) is 4. The number of fused-ring (bicyclic) bond motifs is 1. The number of aliphatic hydroxyl groups is 1. The SMILES string of the molecule is O=C(C=Cc1c(F)c(F)c(F)c(F)c1F)NC(CO)C(=O)Nc1nc2ccccc2[nH]1. The molecule has 0 radical (unpaired) electrons. The highest BCUT2D eigenvalue weighted by molar-refractivity contribution is 6.00. The van der Waals surface area contributed by atoms with E-state index >= 15 is 0 Å². The van der Waals surface area contributed by atoms with E-state index in [1.54, 1.807) is 24.3 Å². The minimum Gasteiger partial charge on any atom is -0.394 e. The Balaban J connectivity index is 1.70. The third-order valence-electron chi connectivity index (χ3n) is 4.09. The normalized spacial score (nSPS) is 12.3. The molecule has 1 heterocycles. The first-order valence-corrected chi connectivity index (χ1v) is 8.59. The molecule has 3 aromatic rings. The number of imidazole rings is 1. The summed E-state index contributed by atoms with van der Waals surface area (Å²) >= 11 is 0. The molecular formula is C19H13F5N4O3. The van der Waals surface area contributed by atoms with Crippen molar-refractivity contribution >= 4 is 34.9 Å². The summed E-state index contributed by atoms with van der Waals surface area (Å²) in [5.41, 5.74) is -0.167. The zero-order valence-electron chi connectivity index (χ0n) is 15.3. The predicted molar refractivity (Wildman–Crippen MR) is 99.0 cm³/mol. The topological polar surface area (TPSA) is 107 Å². The summed E-state index contributed by atoms with van der Waals surface area (Å²) in [5, 5.41) is 13.7. The van der Waals surface area contributed by atoms with Crippen molar-refractivity contribution in [2.75, 3.05) is 11.9 Å². The summed E-state index contributed by atoms with van der Waals surface area (Å²) < 4.78 is 66.7. The summed E-state index contributed by atoms with van der Waals surface area (Å²) in [5.74, 6) is -12.9. The number of rotatable bonds is 6. The molecule has 0 saturated heterocycles. The third-order valence-corrected chi connectivity index (χ3v) is 4.09. The number of carbonyl (C=O) groups is 2. The van der Waals surface area contributed by atoms with Crippen molar-refractivity contribution in [2.24, 2.45) is 0 Å². The molecule has 0 fully saturated rings. The van der Waals surface area contributed by atoms with Crippen molar-refractivity contribution in [1.29, 1.82) is 0 Å². The van der Waals surface area contributed by atoms with Crippen molar-refractivity contribution in [3.05, 3.63) is 65.0 Å². The lowest BCUT2D eigenvalue weighted by atomic mass is 10.1. The Hall–Kier alpha value is -3.80. The van der Waals surface area contributed by atoms with Gasteiger partial charge >= 0.3 is 0 Å². The molecule has 31 heavy (non-hydrogen) atoms. The molecule has 7 nitrogen and oxygen atoms in total. The van der Waals surface area contributed by atoms with Gasteiger partial charge in [-0.3, -0.25) is 14.9 Å². The maximum atomic E-state index is 13.6. The second-order valence-electron chi connectivity index (χ2n) is 6.15. The van der Waals surface area contributed by atoms with E-state index in [0.29, 0.717) is 23.2 Å². The summed E-state index contributed by atoms with van der Waals surface area (Å²) in [4.78, 5) is 31.0. The van der Waals surface area contributed by atoms with Gasteiger partial charge in [0.1, 0.15) is 6.04 Å². The number of anilines is 1. The van der Waals surface area contributed by atoms with E-state index in [4.69, 9.17) is 0 Å². The van der Waals surface area contributed by atoms with Gasteiger partial charge in [-0.1, -0.05) is 12.1 Å². The summed E-state index contributed by atoms with van der Waals surface area (Å²) in [7, 11) is 0. The van der Waals surface area contributed by atoms with E-state index in [9.17, 15) is 36.6 Å². The van der Waals surface area contributed by atoms with Crippen LogP contribution in [0.25, 0.3) is 17.1 Å². The largest absolute Gasteiger partial charge is 0.394 e. The van der Waals surface area contributed by atoms with Crippen LogP contribution in [0.1, 0.15) is 5.56 Å². The van der Waals surface area contributed by atoms with Crippen LogP contribution in [-0.2, 0) is 9.59 Å². The van der Waals surface area contributed by atoms with Crippen molar-refractivity contribution < 1.29 is 36.6 Å². The van der Waals surface area contributed by atoms with Crippen molar-refractivity contribution in [1.82, 2.24) is 15.3 Å². The van der Waals surface area contributed by atoms with Gasteiger partial charge in [0.2, 0.25) is 17.7 Å². The first-order valence-electron chi connectivity index (χ1n) is 8.59. The molecule has 2 aromatic carbocycles. The number of nitrogens with zero attached hydrogens (tertiary/aromatic N) is 1. The quantitative estimate of drug-likeness (QED) is 0.204. The molecule has 0 aliphatic heterocycles. The Morgan fingerprint density at radius 2 is 1.65 bits per heavy atom. The number of nitrogens with one attached hydrogen (secondary N) is 3. The van der Waals surface area contributed by atoms with Crippen LogP contribution in [0, 0.1) is 29.1 Å². The molecule has 12 heteroatoms. The molecule has 0 aliphatic rings. The molecule has 1 unspecified atom stereocenters. The highest BCUT2D eigenvalue weighted by Crippen LogP contribution is 2.24. The van der Waals surface area contributed by atoms with Gasteiger partial charge in [0.15, 0.2) is 23.3 Å². The molecule has 3 rings (SSSR count). The number of halogens is 5. The average molecular weight is 440 g/mol. The molecular weight excluding hydrogens is 427 g/mol. The molecule has 1 aromatic heterocycles. The molecule has 0 bridgehead atoms. The van der Waals surface area contributed by atoms with Crippen LogP contribution in [0.15, 0.2) is 30.3 Å². The van der Waals surface area contributed by atoms with E-state index in [-0.39, 0.29) is 5.95 Å². The highest BCUT2D eigenvalue weighted by Gasteiger charge is 2.25. The smallest absolute Gasteiger partial charge is 0.251 e. The number of carbonyl (C=O) groups excluding carboxylic acids is 2. The summed E-state index contributed by atoms with van der Waals surface area (Å²) in [6, 6.07) is 5.34. The Morgan fingerprint density at radius 3 is 2.26 bits per heavy atom. The van der Waals surface area contributed by atoms with E-state index in [1.165, 1.54) is 0 Å². The zero-order chi connectivity index (χ0) is 22.7. The van der Waals surface area contributed by atoms with Gasteiger partial charge < -0.3 is 15.4 Å². The Bertz CT molecular complexity index is 1130. The number of benzene rings is 2. The van der Waals surface area contributed by atoms with Crippen LogP contribution in [0.3, 0.4) is 0 Å².